The fourth-order valence-electron chi connectivity index (χ4n) is 4.53. The molecule has 0 bridgehead atoms. The number of benzene rings is 2. The van der Waals surface area contributed by atoms with Crippen molar-refractivity contribution in [1.29, 1.82) is 0 Å². The van der Waals surface area contributed by atoms with Crippen molar-refractivity contribution in [1.82, 2.24) is 9.62 Å². The van der Waals surface area contributed by atoms with Gasteiger partial charge in [0, 0.05) is 28.7 Å². The van der Waals surface area contributed by atoms with Gasteiger partial charge in [0.25, 0.3) is 0 Å². The van der Waals surface area contributed by atoms with E-state index in [0.717, 1.165) is 3.57 Å². The molecule has 11 heteroatoms. The number of nitrogens with zero attached hydrogens (tertiary/aromatic N) is 1. The van der Waals surface area contributed by atoms with Gasteiger partial charge in [0.1, 0.15) is 0 Å². The van der Waals surface area contributed by atoms with Gasteiger partial charge in [0.2, 0.25) is 0 Å². The lowest BCUT2D eigenvalue weighted by atomic mass is 9.94. The number of anilines is 3. The molecule has 2 aromatic carbocycles. The molecule has 4 rings (SSSR count). The van der Waals surface area contributed by atoms with Gasteiger partial charge < -0.3 is 10.6 Å². The molecule has 1 saturated heterocycles. The summed E-state index contributed by atoms with van der Waals surface area (Å²) in [6.45, 7) is 0.656. The van der Waals surface area contributed by atoms with Crippen LogP contribution in [-0.4, -0.2) is 37.9 Å². The van der Waals surface area contributed by atoms with Gasteiger partial charge in [-0.1, -0.05) is 30.9 Å². The zero-order chi connectivity index (χ0) is 24.3. The lowest BCUT2D eigenvalue weighted by molar-refractivity contribution is 0.253. The second kappa shape index (κ2) is 11.2. The van der Waals surface area contributed by atoms with Crippen molar-refractivity contribution in [2.45, 2.75) is 57.0 Å². The Hall–Kier alpha value is -1.21. The number of rotatable bonds is 7. The summed E-state index contributed by atoms with van der Waals surface area (Å²) in [5.41, 5.74) is -0.157. The minimum absolute atomic E-state index is 0.141. The lowest BCUT2D eigenvalue weighted by Crippen LogP contribution is -2.49. The van der Waals surface area contributed by atoms with Crippen LogP contribution in [-0.2, 0) is 10.2 Å². The predicted molar refractivity (Wildman–Crippen MR) is 141 cm³/mol. The van der Waals surface area contributed by atoms with E-state index in [4.69, 9.17) is 11.6 Å². The molecule has 0 amide bonds. The molecule has 186 valence electrons. The molecule has 2 aromatic rings. The van der Waals surface area contributed by atoms with Crippen LogP contribution >= 0.6 is 34.2 Å². The molecule has 1 saturated carbocycles. The average molecular weight is 625 g/mol. The summed E-state index contributed by atoms with van der Waals surface area (Å²) >= 11 is 8.25. The number of piperidine rings is 1. The molecular formula is C23H28ClF2IN4O2S. The van der Waals surface area contributed by atoms with Crippen molar-refractivity contribution in [3.8, 4) is 0 Å². The van der Waals surface area contributed by atoms with Gasteiger partial charge in [-0.05, 0) is 78.6 Å². The summed E-state index contributed by atoms with van der Waals surface area (Å²) in [7, 11) is -4.01. The Morgan fingerprint density at radius 2 is 1.47 bits per heavy atom. The Kier molecular flexibility index (Phi) is 8.55. The zero-order valence-corrected chi connectivity index (χ0v) is 22.3. The maximum absolute atomic E-state index is 14.7. The lowest BCUT2D eigenvalue weighted by Gasteiger charge is -2.35. The molecule has 34 heavy (non-hydrogen) atoms. The van der Waals surface area contributed by atoms with Crippen LogP contribution in [0.2, 0.25) is 5.02 Å². The van der Waals surface area contributed by atoms with Gasteiger partial charge in [0.15, 0.2) is 11.6 Å². The minimum Gasteiger partial charge on any atom is -0.352 e. The van der Waals surface area contributed by atoms with E-state index in [-0.39, 0.29) is 11.7 Å². The van der Waals surface area contributed by atoms with Crippen LogP contribution < -0.4 is 15.4 Å². The molecule has 2 fully saturated rings. The highest BCUT2D eigenvalue weighted by molar-refractivity contribution is 14.1. The van der Waals surface area contributed by atoms with Crippen LogP contribution in [0.5, 0.6) is 0 Å². The SMILES string of the molecule is O=S(=O)(Nc1ccc(Nc2ccc(I)cc2Cl)c(F)c1F)N1CCC(NC2CCCCC2)CC1. The van der Waals surface area contributed by atoms with Gasteiger partial charge in [0.05, 0.1) is 22.1 Å². The van der Waals surface area contributed by atoms with E-state index in [9.17, 15) is 17.2 Å². The third kappa shape index (κ3) is 6.31. The number of nitrogens with one attached hydrogen (secondary N) is 3. The molecule has 1 aliphatic heterocycles. The first-order valence-electron chi connectivity index (χ1n) is 11.5. The van der Waals surface area contributed by atoms with E-state index in [1.54, 1.807) is 18.2 Å². The van der Waals surface area contributed by atoms with Crippen LogP contribution in [0.4, 0.5) is 25.8 Å². The second-order valence-corrected chi connectivity index (χ2v) is 12.1. The van der Waals surface area contributed by atoms with Crippen molar-refractivity contribution in [2.24, 2.45) is 0 Å². The monoisotopic (exact) mass is 624 g/mol. The Bertz CT molecular complexity index is 1120. The van der Waals surface area contributed by atoms with Gasteiger partial charge in [-0.25, -0.2) is 8.78 Å². The highest BCUT2D eigenvalue weighted by Gasteiger charge is 2.30. The van der Waals surface area contributed by atoms with E-state index in [1.807, 2.05) is 0 Å². The molecule has 6 nitrogen and oxygen atoms in total. The molecule has 2 aliphatic rings. The second-order valence-electron chi connectivity index (χ2n) is 8.82. The van der Waals surface area contributed by atoms with Crippen molar-refractivity contribution in [2.75, 3.05) is 23.1 Å². The van der Waals surface area contributed by atoms with E-state index >= 15 is 0 Å². The average Bonchev–Trinajstić information content (AvgIpc) is 2.81. The molecule has 0 aromatic heterocycles. The summed E-state index contributed by atoms with van der Waals surface area (Å²) in [6.07, 6.45) is 7.49. The van der Waals surface area contributed by atoms with Crippen molar-refractivity contribution < 1.29 is 17.2 Å². The predicted octanol–water partition coefficient (Wildman–Crippen LogP) is 6.01. The van der Waals surface area contributed by atoms with E-state index < -0.39 is 27.5 Å². The number of halogens is 4. The van der Waals surface area contributed by atoms with Crippen molar-refractivity contribution >= 4 is 61.5 Å². The molecule has 0 spiro atoms. The highest BCUT2D eigenvalue weighted by atomic mass is 127. The standard InChI is InChI=1S/C23H28ClF2IN4O2S/c24-18-14-15(27)6-7-19(18)29-20-8-9-21(23(26)22(20)25)30-34(32,33)31-12-10-17(11-13-31)28-16-4-2-1-3-5-16/h6-9,14,16-17,28-30H,1-5,10-13H2. The maximum Gasteiger partial charge on any atom is 0.301 e. The molecule has 1 heterocycles. The first-order chi connectivity index (χ1) is 16.2. The first-order valence-corrected chi connectivity index (χ1v) is 14.4. The number of hydrogen-bond donors (Lipinski definition) is 3. The quantitative estimate of drug-likeness (QED) is 0.330. The van der Waals surface area contributed by atoms with Crippen LogP contribution in [0.15, 0.2) is 30.3 Å². The summed E-state index contributed by atoms with van der Waals surface area (Å²) in [4.78, 5) is 0. The zero-order valence-electron chi connectivity index (χ0n) is 18.6. The van der Waals surface area contributed by atoms with E-state index in [2.05, 4.69) is 37.9 Å². The minimum atomic E-state index is -4.01. The topological polar surface area (TPSA) is 73.5 Å². The molecular weight excluding hydrogens is 597 g/mol. The smallest absolute Gasteiger partial charge is 0.301 e. The Morgan fingerprint density at radius 3 is 2.15 bits per heavy atom. The van der Waals surface area contributed by atoms with Crippen molar-refractivity contribution in [3.05, 3.63) is 50.6 Å². The third-order valence-electron chi connectivity index (χ3n) is 6.39. The summed E-state index contributed by atoms with van der Waals surface area (Å²) in [5.74, 6) is -2.46. The van der Waals surface area contributed by atoms with Crippen molar-refractivity contribution in [3.63, 3.8) is 0 Å². The van der Waals surface area contributed by atoms with Gasteiger partial charge in [-0.2, -0.15) is 12.7 Å². The van der Waals surface area contributed by atoms with E-state index in [0.29, 0.717) is 42.7 Å². The molecule has 0 atom stereocenters. The van der Waals surface area contributed by atoms with E-state index in [1.165, 1.54) is 48.5 Å². The van der Waals surface area contributed by atoms with Crippen LogP contribution in [0.1, 0.15) is 44.9 Å². The first kappa shape index (κ1) is 25.9. The Morgan fingerprint density at radius 1 is 0.882 bits per heavy atom. The fourth-order valence-corrected chi connectivity index (χ4v) is 6.69. The number of hydrogen-bond acceptors (Lipinski definition) is 4. The summed E-state index contributed by atoms with van der Waals surface area (Å²) in [5, 5.41) is 6.78. The molecule has 0 unspecified atom stereocenters. The molecule has 0 radical (unpaired) electrons. The maximum atomic E-state index is 14.7. The highest BCUT2D eigenvalue weighted by Crippen LogP contribution is 2.31. The summed E-state index contributed by atoms with van der Waals surface area (Å²) < 4.78 is 59.5. The molecule has 3 N–H and O–H groups in total. The van der Waals surface area contributed by atoms with Gasteiger partial charge in [-0.3, -0.25) is 4.72 Å². The Balaban J connectivity index is 1.38. The fraction of sp³-hybridized carbons (Fsp3) is 0.478. The van der Waals surface area contributed by atoms with Crippen LogP contribution in [0.25, 0.3) is 0 Å². The summed E-state index contributed by atoms with van der Waals surface area (Å²) in [6, 6.07) is 8.40. The Labute approximate surface area is 218 Å². The third-order valence-corrected chi connectivity index (χ3v) is 8.90. The van der Waals surface area contributed by atoms with Gasteiger partial charge >= 0.3 is 10.2 Å². The normalized spacial score (nSPS) is 18.7. The van der Waals surface area contributed by atoms with Crippen LogP contribution in [0, 0.1) is 15.2 Å². The van der Waals surface area contributed by atoms with Crippen LogP contribution in [0.3, 0.4) is 0 Å². The molecule has 1 aliphatic carbocycles. The largest absolute Gasteiger partial charge is 0.352 e. The van der Waals surface area contributed by atoms with Gasteiger partial charge in [-0.15, -0.1) is 0 Å².